The maximum absolute atomic E-state index is 13.2. The number of hydrazine groups is 3. The van der Waals surface area contributed by atoms with Gasteiger partial charge >= 0.3 is 0 Å². The monoisotopic (exact) mass is 249 g/mol. The van der Waals surface area contributed by atoms with Crippen LogP contribution >= 0.6 is 0 Å². The van der Waals surface area contributed by atoms with Crippen molar-refractivity contribution in [2.45, 2.75) is 12.7 Å². The molecule has 0 radical (unpaired) electrons. The molecule has 2 aromatic rings. The molecule has 1 saturated heterocycles. The van der Waals surface area contributed by atoms with E-state index in [1.165, 1.54) is 18.2 Å². The van der Waals surface area contributed by atoms with Crippen molar-refractivity contribution in [2.75, 3.05) is 0 Å². The van der Waals surface area contributed by atoms with Crippen LogP contribution in [0.3, 0.4) is 0 Å². The highest BCUT2D eigenvalue weighted by molar-refractivity contribution is 5.78. The number of hydrogen-bond acceptors (Lipinski definition) is 5. The molecular formula is C11H12FN5O. The third kappa shape index (κ3) is 2.00. The second-order valence-electron chi connectivity index (χ2n) is 4.09. The van der Waals surface area contributed by atoms with E-state index >= 15 is 0 Å². The van der Waals surface area contributed by atoms with Gasteiger partial charge in [-0.1, -0.05) is 0 Å². The van der Waals surface area contributed by atoms with E-state index in [-0.39, 0.29) is 11.6 Å². The van der Waals surface area contributed by atoms with E-state index < -0.39 is 5.82 Å². The molecule has 0 amide bonds. The molecule has 18 heavy (non-hydrogen) atoms. The third-order valence-electron chi connectivity index (χ3n) is 2.87. The van der Waals surface area contributed by atoms with Crippen molar-refractivity contribution in [3.8, 4) is 0 Å². The Kier molecular flexibility index (Phi) is 2.80. The van der Waals surface area contributed by atoms with Gasteiger partial charge in [0, 0.05) is 17.6 Å². The summed E-state index contributed by atoms with van der Waals surface area (Å²) in [5.41, 5.74) is 11.9. The van der Waals surface area contributed by atoms with E-state index in [9.17, 15) is 9.18 Å². The van der Waals surface area contributed by atoms with Crippen LogP contribution in [0.25, 0.3) is 10.9 Å². The first-order chi connectivity index (χ1) is 8.74. The summed E-state index contributed by atoms with van der Waals surface area (Å²) in [6, 6.07) is 5.67. The summed E-state index contributed by atoms with van der Waals surface area (Å²) >= 11 is 0. The number of nitrogens with one attached hydrogen (secondary N) is 4. The zero-order valence-electron chi connectivity index (χ0n) is 9.40. The standard InChI is InChI=1S/C11H12FN5O/c12-7-1-2-9-8(5-7)10(18)3-4-17(9)6-11-13-15-16-14-11/h1-5,11,13-16H,6H2. The number of pyridine rings is 1. The van der Waals surface area contributed by atoms with Gasteiger partial charge in [-0.2, -0.15) is 11.1 Å². The molecule has 0 saturated carbocycles. The maximum atomic E-state index is 13.2. The number of hydrogen-bond donors (Lipinski definition) is 4. The molecule has 1 aromatic carbocycles. The van der Waals surface area contributed by atoms with Crippen LogP contribution < -0.4 is 27.3 Å². The van der Waals surface area contributed by atoms with Crippen LogP contribution in [0.4, 0.5) is 4.39 Å². The van der Waals surface area contributed by atoms with Gasteiger partial charge in [0.15, 0.2) is 5.43 Å². The van der Waals surface area contributed by atoms with E-state index in [2.05, 4.69) is 21.9 Å². The van der Waals surface area contributed by atoms with Gasteiger partial charge in [0.2, 0.25) is 0 Å². The van der Waals surface area contributed by atoms with Crippen LogP contribution in [0.5, 0.6) is 0 Å². The average Bonchev–Trinajstić information content (AvgIpc) is 2.86. The summed E-state index contributed by atoms with van der Waals surface area (Å²) in [7, 11) is 0. The Balaban J connectivity index is 2.06. The number of halogens is 1. The lowest BCUT2D eigenvalue weighted by atomic mass is 10.2. The van der Waals surface area contributed by atoms with Crippen molar-refractivity contribution in [2.24, 2.45) is 0 Å². The first kappa shape index (κ1) is 11.3. The van der Waals surface area contributed by atoms with E-state index in [1.807, 2.05) is 4.57 Å². The van der Waals surface area contributed by atoms with Crippen molar-refractivity contribution >= 4 is 10.9 Å². The molecule has 0 atom stereocenters. The zero-order valence-corrected chi connectivity index (χ0v) is 9.40. The van der Waals surface area contributed by atoms with Crippen molar-refractivity contribution in [3.05, 3.63) is 46.5 Å². The van der Waals surface area contributed by atoms with E-state index in [0.717, 1.165) is 0 Å². The minimum atomic E-state index is -0.405. The molecule has 4 N–H and O–H groups in total. The minimum Gasteiger partial charge on any atom is -0.344 e. The fraction of sp³-hybridized carbons (Fsp3) is 0.182. The number of benzene rings is 1. The van der Waals surface area contributed by atoms with Crippen molar-refractivity contribution in [3.63, 3.8) is 0 Å². The Morgan fingerprint density at radius 2 is 2.00 bits per heavy atom. The molecule has 0 aliphatic carbocycles. The Morgan fingerprint density at radius 3 is 2.78 bits per heavy atom. The summed E-state index contributed by atoms with van der Waals surface area (Å²) in [4.78, 5) is 11.7. The molecular weight excluding hydrogens is 237 g/mol. The molecule has 1 aromatic heterocycles. The number of rotatable bonds is 2. The Hall–Kier alpha value is -1.80. The van der Waals surface area contributed by atoms with Crippen LogP contribution in [0.2, 0.25) is 0 Å². The lowest BCUT2D eigenvalue weighted by Crippen LogP contribution is -2.38. The van der Waals surface area contributed by atoms with Crippen LogP contribution in [0.15, 0.2) is 35.3 Å². The number of nitrogens with zero attached hydrogens (tertiary/aromatic N) is 1. The van der Waals surface area contributed by atoms with Crippen molar-refractivity contribution in [1.82, 2.24) is 26.5 Å². The quantitative estimate of drug-likeness (QED) is 0.582. The fourth-order valence-corrected chi connectivity index (χ4v) is 2.01. The largest absolute Gasteiger partial charge is 0.344 e. The predicted octanol–water partition coefficient (Wildman–Crippen LogP) is -0.416. The smallest absolute Gasteiger partial charge is 0.189 e. The molecule has 1 aliphatic heterocycles. The average molecular weight is 249 g/mol. The summed E-state index contributed by atoms with van der Waals surface area (Å²) in [5.74, 6) is -0.405. The van der Waals surface area contributed by atoms with E-state index in [4.69, 9.17) is 0 Å². The molecule has 2 heterocycles. The van der Waals surface area contributed by atoms with E-state index in [0.29, 0.717) is 17.4 Å². The molecule has 0 spiro atoms. The highest BCUT2D eigenvalue weighted by atomic mass is 19.1. The SMILES string of the molecule is O=c1ccn(CC2NNNN2)c2ccc(F)cc12. The van der Waals surface area contributed by atoms with Gasteiger partial charge in [0.25, 0.3) is 0 Å². The number of fused-ring (bicyclic) bond motifs is 1. The topological polar surface area (TPSA) is 70.1 Å². The van der Waals surface area contributed by atoms with Gasteiger partial charge in [-0.05, 0) is 18.2 Å². The van der Waals surface area contributed by atoms with Gasteiger partial charge in [0.05, 0.1) is 12.1 Å². The second-order valence-corrected chi connectivity index (χ2v) is 4.09. The van der Waals surface area contributed by atoms with Crippen molar-refractivity contribution in [1.29, 1.82) is 0 Å². The first-order valence-electron chi connectivity index (χ1n) is 5.54. The van der Waals surface area contributed by atoms with Gasteiger partial charge in [0.1, 0.15) is 12.0 Å². The second kappa shape index (κ2) is 4.46. The highest BCUT2D eigenvalue weighted by Gasteiger charge is 2.13. The molecule has 94 valence electrons. The van der Waals surface area contributed by atoms with Gasteiger partial charge in [-0.3, -0.25) is 4.79 Å². The Morgan fingerprint density at radius 1 is 1.22 bits per heavy atom. The summed E-state index contributed by atoms with van der Waals surface area (Å²) in [5, 5.41) is 0.386. The van der Waals surface area contributed by atoms with Crippen LogP contribution in [0, 0.1) is 5.82 Å². The Bertz CT molecular complexity index is 635. The predicted molar refractivity (Wildman–Crippen MR) is 64.5 cm³/mol. The molecule has 7 heteroatoms. The van der Waals surface area contributed by atoms with Gasteiger partial charge in [-0.15, -0.1) is 0 Å². The normalized spacial score (nSPS) is 16.5. The maximum Gasteiger partial charge on any atom is 0.189 e. The highest BCUT2D eigenvalue weighted by Crippen LogP contribution is 2.12. The van der Waals surface area contributed by atoms with Crippen molar-refractivity contribution < 1.29 is 4.39 Å². The zero-order chi connectivity index (χ0) is 12.5. The molecule has 0 bridgehead atoms. The third-order valence-corrected chi connectivity index (χ3v) is 2.87. The fourth-order valence-electron chi connectivity index (χ4n) is 2.01. The summed E-state index contributed by atoms with van der Waals surface area (Å²) in [6.45, 7) is 0.586. The minimum absolute atomic E-state index is 0.0271. The lowest BCUT2D eigenvalue weighted by molar-refractivity contribution is 0.457. The van der Waals surface area contributed by atoms with Crippen LogP contribution in [0.1, 0.15) is 0 Å². The Labute approximate surface area is 102 Å². The molecule has 1 fully saturated rings. The molecule has 6 nitrogen and oxygen atoms in total. The van der Waals surface area contributed by atoms with Gasteiger partial charge in [-0.25, -0.2) is 15.2 Å². The molecule has 0 unspecified atom stereocenters. The first-order valence-corrected chi connectivity index (χ1v) is 5.54. The number of aromatic nitrogens is 1. The van der Waals surface area contributed by atoms with E-state index in [1.54, 1.807) is 12.3 Å². The van der Waals surface area contributed by atoms with Gasteiger partial charge < -0.3 is 4.57 Å². The lowest BCUT2D eigenvalue weighted by Gasteiger charge is -2.14. The summed E-state index contributed by atoms with van der Waals surface area (Å²) < 4.78 is 15.0. The summed E-state index contributed by atoms with van der Waals surface area (Å²) in [6.07, 6.45) is 1.67. The molecule has 3 rings (SSSR count). The van der Waals surface area contributed by atoms with Crippen LogP contribution in [-0.2, 0) is 6.54 Å². The van der Waals surface area contributed by atoms with Crippen LogP contribution in [-0.4, -0.2) is 10.7 Å². The molecule has 1 aliphatic rings.